The molecule has 2 rings (SSSR count). The molecular weight excluding hydrogens is 260 g/mol. The molecular formula is C15H20O3S. The first-order chi connectivity index (χ1) is 9.12. The monoisotopic (exact) mass is 280 g/mol. The van der Waals surface area contributed by atoms with E-state index in [0.717, 1.165) is 17.7 Å². The number of Topliss-reactive ketones (excluding diaryl/α,β-unsaturated/α-hetero) is 1. The first kappa shape index (κ1) is 14.6. The summed E-state index contributed by atoms with van der Waals surface area (Å²) in [4.78, 5) is 12.4. The summed E-state index contributed by atoms with van der Waals surface area (Å²) >= 11 is 1.68. The summed E-state index contributed by atoms with van der Waals surface area (Å²) in [7, 11) is 0. The minimum atomic E-state index is -0.612. The molecule has 1 heterocycles. The van der Waals surface area contributed by atoms with E-state index in [1.807, 2.05) is 30.3 Å². The highest BCUT2D eigenvalue weighted by molar-refractivity contribution is 8.00. The third-order valence-corrected chi connectivity index (χ3v) is 5.09. The fourth-order valence-corrected chi connectivity index (χ4v) is 3.75. The Morgan fingerprint density at radius 3 is 2.58 bits per heavy atom. The van der Waals surface area contributed by atoms with Gasteiger partial charge in [0, 0.05) is 24.5 Å². The van der Waals surface area contributed by atoms with Gasteiger partial charge in [0.05, 0.1) is 10.9 Å². The van der Waals surface area contributed by atoms with Crippen molar-refractivity contribution < 1.29 is 14.6 Å². The van der Waals surface area contributed by atoms with Crippen molar-refractivity contribution in [3.8, 4) is 0 Å². The average Bonchev–Trinajstić information content (AvgIpc) is 2.40. The molecule has 104 valence electrons. The number of hydrogen-bond acceptors (Lipinski definition) is 4. The predicted octanol–water partition coefficient (Wildman–Crippen LogP) is 2.67. The summed E-state index contributed by atoms with van der Waals surface area (Å²) in [5.41, 5.74) is 0. The summed E-state index contributed by atoms with van der Waals surface area (Å²) in [6.45, 7) is 2.83. The fraction of sp³-hybridized carbons (Fsp3) is 0.533. The lowest BCUT2D eigenvalue weighted by Crippen LogP contribution is -2.44. The van der Waals surface area contributed by atoms with Gasteiger partial charge in [-0.2, -0.15) is 0 Å². The second kappa shape index (κ2) is 6.55. The molecule has 0 saturated carbocycles. The number of benzene rings is 1. The van der Waals surface area contributed by atoms with E-state index in [1.165, 1.54) is 6.92 Å². The first-order valence-corrected chi connectivity index (χ1v) is 7.43. The van der Waals surface area contributed by atoms with Crippen LogP contribution in [0.25, 0.3) is 0 Å². The van der Waals surface area contributed by atoms with Gasteiger partial charge in [0.2, 0.25) is 0 Å². The Balaban J connectivity index is 2.16. The van der Waals surface area contributed by atoms with Crippen LogP contribution >= 0.6 is 11.8 Å². The van der Waals surface area contributed by atoms with Crippen LogP contribution in [0.3, 0.4) is 0 Å². The number of ketones is 1. The second-order valence-electron chi connectivity index (χ2n) is 5.01. The molecule has 1 atom stereocenters. The van der Waals surface area contributed by atoms with E-state index in [0.29, 0.717) is 13.2 Å². The molecule has 1 unspecified atom stereocenters. The number of thioether (sulfide) groups is 1. The second-order valence-corrected chi connectivity index (χ2v) is 6.50. The van der Waals surface area contributed by atoms with Gasteiger partial charge < -0.3 is 9.84 Å². The Morgan fingerprint density at radius 1 is 1.37 bits per heavy atom. The summed E-state index contributed by atoms with van der Waals surface area (Å²) in [6.07, 6.45) is 1.17. The molecule has 0 aliphatic carbocycles. The topological polar surface area (TPSA) is 46.5 Å². The Kier molecular flexibility index (Phi) is 5.02. The van der Waals surface area contributed by atoms with Gasteiger partial charge >= 0.3 is 0 Å². The van der Waals surface area contributed by atoms with Crippen LogP contribution in [0.5, 0.6) is 0 Å². The lowest BCUT2D eigenvalue weighted by atomic mass is 9.90. The zero-order valence-electron chi connectivity index (χ0n) is 11.2. The lowest BCUT2D eigenvalue weighted by Gasteiger charge is -2.40. The average molecular weight is 280 g/mol. The highest BCUT2D eigenvalue weighted by Crippen LogP contribution is 2.43. The van der Waals surface area contributed by atoms with Crippen LogP contribution in [0.4, 0.5) is 0 Å². The Morgan fingerprint density at radius 2 is 2.00 bits per heavy atom. The minimum Gasteiger partial charge on any atom is -0.391 e. The molecule has 0 aromatic heterocycles. The fourth-order valence-electron chi connectivity index (χ4n) is 2.40. The van der Waals surface area contributed by atoms with Gasteiger partial charge in [-0.25, -0.2) is 0 Å². The summed E-state index contributed by atoms with van der Waals surface area (Å²) in [5.74, 6) is 0.0343. The molecule has 1 fully saturated rings. The van der Waals surface area contributed by atoms with Gasteiger partial charge in [0.1, 0.15) is 5.78 Å². The number of hydrogen-bond donors (Lipinski definition) is 1. The molecule has 3 nitrogen and oxygen atoms in total. The normalized spacial score (nSPS) is 19.9. The third kappa shape index (κ3) is 3.81. The van der Waals surface area contributed by atoms with Crippen molar-refractivity contribution in [1.29, 1.82) is 0 Å². The molecule has 19 heavy (non-hydrogen) atoms. The first-order valence-electron chi connectivity index (χ1n) is 6.62. The maximum Gasteiger partial charge on any atom is 0.132 e. The van der Waals surface area contributed by atoms with Gasteiger partial charge in [0.25, 0.3) is 0 Å². The van der Waals surface area contributed by atoms with Gasteiger partial charge in [-0.15, -0.1) is 11.8 Å². The van der Waals surface area contributed by atoms with Gasteiger partial charge in [-0.3, -0.25) is 4.79 Å². The number of ether oxygens (including phenoxy) is 1. The van der Waals surface area contributed by atoms with Crippen molar-refractivity contribution in [3.05, 3.63) is 30.3 Å². The lowest BCUT2D eigenvalue weighted by molar-refractivity contribution is -0.119. The maximum absolute atomic E-state index is 11.3. The van der Waals surface area contributed by atoms with Gasteiger partial charge in [0.15, 0.2) is 0 Å². The SMILES string of the molecule is CC(=O)CC(O)C1(Sc2ccccc2)CCOCC1. The zero-order valence-corrected chi connectivity index (χ0v) is 12.0. The highest BCUT2D eigenvalue weighted by Gasteiger charge is 2.41. The van der Waals surface area contributed by atoms with Crippen molar-refractivity contribution in [2.75, 3.05) is 13.2 Å². The van der Waals surface area contributed by atoms with Gasteiger partial charge in [-0.1, -0.05) is 18.2 Å². The van der Waals surface area contributed by atoms with Gasteiger partial charge in [-0.05, 0) is 31.9 Å². The number of carbonyl (C=O) groups is 1. The molecule has 1 aliphatic rings. The minimum absolute atomic E-state index is 0.0343. The number of aliphatic hydroxyl groups excluding tert-OH is 1. The standard InChI is InChI=1S/C15H20O3S/c1-12(16)11-14(17)15(7-9-18-10-8-15)19-13-5-3-2-4-6-13/h2-6,14,17H,7-11H2,1H3. The van der Waals surface area contributed by atoms with Crippen molar-refractivity contribution in [1.82, 2.24) is 0 Å². The van der Waals surface area contributed by atoms with E-state index in [2.05, 4.69) is 0 Å². The van der Waals surface area contributed by atoms with Crippen LogP contribution < -0.4 is 0 Å². The van der Waals surface area contributed by atoms with Crippen LogP contribution in [0.1, 0.15) is 26.2 Å². The van der Waals surface area contributed by atoms with Crippen molar-refractivity contribution in [3.63, 3.8) is 0 Å². The Bertz CT molecular complexity index is 413. The van der Waals surface area contributed by atoms with E-state index >= 15 is 0 Å². The Hall–Kier alpha value is -0.840. The number of carbonyl (C=O) groups excluding carboxylic acids is 1. The van der Waals surface area contributed by atoms with Crippen LogP contribution in [-0.4, -0.2) is 35.0 Å². The van der Waals surface area contributed by atoms with Crippen molar-refractivity contribution in [2.24, 2.45) is 0 Å². The van der Waals surface area contributed by atoms with E-state index in [4.69, 9.17) is 4.74 Å². The molecule has 0 amide bonds. The summed E-state index contributed by atoms with van der Waals surface area (Å²) in [5, 5.41) is 10.5. The summed E-state index contributed by atoms with van der Waals surface area (Å²) in [6, 6.07) is 10.1. The molecule has 1 N–H and O–H groups in total. The molecule has 1 aliphatic heterocycles. The van der Waals surface area contributed by atoms with Crippen LogP contribution in [0.15, 0.2) is 35.2 Å². The van der Waals surface area contributed by atoms with E-state index < -0.39 is 6.10 Å². The van der Waals surface area contributed by atoms with Crippen LogP contribution in [-0.2, 0) is 9.53 Å². The molecule has 0 radical (unpaired) electrons. The van der Waals surface area contributed by atoms with Crippen molar-refractivity contribution in [2.45, 2.75) is 41.9 Å². The smallest absolute Gasteiger partial charge is 0.132 e. The van der Waals surface area contributed by atoms with E-state index in [-0.39, 0.29) is 17.0 Å². The zero-order chi connectivity index (χ0) is 13.7. The highest BCUT2D eigenvalue weighted by atomic mass is 32.2. The van der Waals surface area contributed by atoms with Crippen LogP contribution in [0.2, 0.25) is 0 Å². The summed E-state index contributed by atoms with van der Waals surface area (Å²) < 4.78 is 5.11. The number of aliphatic hydroxyl groups is 1. The predicted molar refractivity (Wildman–Crippen MR) is 76.4 cm³/mol. The third-order valence-electron chi connectivity index (χ3n) is 3.49. The van der Waals surface area contributed by atoms with E-state index in [9.17, 15) is 9.90 Å². The molecule has 1 aromatic carbocycles. The molecule has 1 aromatic rings. The number of rotatable bonds is 5. The molecule has 0 spiro atoms. The van der Waals surface area contributed by atoms with E-state index in [1.54, 1.807) is 11.8 Å². The maximum atomic E-state index is 11.3. The Labute approximate surface area is 118 Å². The van der Waals surface area contributed by atoms with Crippen molar-refractivity contribution >= 4 is 17.5 Å². The molecule has 0 bridgehead atoms. The molecule has 1 saturated heterocycles. The van der Waals surface area contributed by atoms with Crippen LogP contribution in [0, 0.1) is 0 Å². The molecule has 4 heteroatoms. The quantitative estimate of drug-likeness (QED) is 0.900. The largest absolute Gasteiger partial charge is 0.391 e.